The molecule has 0 spiro atoms. The molecule has 1 aromatic heterocycles. The van der Waals surface area contributed by atoms with Crippen LogP contribution in [0.1, 0.15) is 16.7 Å². The number of carbonyl (C=O) groups is 1. The summed E-state index contributed by atoms with van der Waals surface area (Å²) in [6, 6.07) is 14.2. The van der Waals surface area contributed by atoms with Crippen LogP contribution >= 0.6 is 23.1 Å². The maximum absolute atomic E-state index is 12.5. The first kappa shape index (κ1) is 18.0. The Labute approximate surface area is 156 Å². The number of amides is 1. The van der Waals surface area contributed by atoms with Crippen LogP contribution in [0, 0.1) is 13.8 Å². The van der Waals surface area contributed by atoms with E-state index < -0.39 is 0 Å². The number of aryl methyl sites for hydroxylation is 3. The highest BCUT2D eigenvalue weighted by atomic mass is 32.2. The van der Waals surface area contributed by atoms with Crippen LogP contribution in [0.15, 0.2) is 47.5 Å². The number of nitrogens with zero attached hydrogens (tertiary/aromatic N) is 2. The summed E-state index contributed by atoms with van der Waals surface area (Å²) >= 11 is 3.42. The van der Waals surface area contributed by atoms with Crippen molar-refractivity contribution in [3.63, 3.8) is 0 Å². The van der Waals surface area contributed by atoms with Gasteiger partial charge in [-0.1, -0.05) is 47.7 Å². The van der Waals surface area contributed by atoms with E-state index in [1.807, 2.05) is 30.3 Å². The molecule has 0 N–H and O–H groups in total. The molecule has 3 nitrogen and oxygen atoms in total. The maximum atomic E-state index is 12.5. The molecule has 1 amide bonds. The van der Waals surface area contributed by atoms with Crippen LogP contribution in [0.3, 0.4) is 0 Å². The lowest BCUT2D eigenvalue weighted by Gasteiger charge is -2.05. The molecule has 0 aliphatic rings. The van der Waals surface area contributed by atoms with Crippen molar-refractivity contribution in [2.24, 2.45) is 4.99 Å². The van der Waals surface area contributed by atoms with Crippen LogP contribution in [0.4, 0.5) is 0 Å². The smallest absolute Gasteiger partial charge is 0.252 e. The van der Waals surface area contributed by atoms with Crippen LogP contribution in [-0.2, 0) is 17.8 Å². The molecule has 0 radical (unpaired) electrons. The average Bonchev–Trinajstić information content (AvgIpc) is 2.91. The predicted molar refractivity (Wildman–Crippen MR) is 108 cm³/mol. The first-order chi connectivity index (χ1) is 12.1. The summed E-state index contributed by atoms with van der Waals surface area (Å²) in [7, 11) is 0. The van der Waals surface area contributed by atoms with Crippen LogP contribution in [0.25, 0.3) is 10.2 Å². The minimum Gasteiger partial charge on any atom is -0.315 e. The fourth-order valence-electron chi connectivity index (χ4n) is 2.91. The number of carbonyl (C=O) groups excluding carboxylic acids is 1. The third kappa shape index (κ3) is 4.22. The fraction of sp³-hybridized carbons (Fsp3) is 0.300. The molecular weight excluding hydrogens is 348 g/mol. The van der Waals surface area contributed by atoms with Crippen LogP contribution in [0.5, 0.6) is 0 Å². The largest absolute Gasteiger partial charge is 0.315 e. The molecule has 0 bridgehead atoms. The van der Waals surface area contributed by atoms with Crippen molar-refractivity contribution in [2.45, 2.75) is 26.8 Å². The molecule has 3 rings (SSSR count). The van der Waals surface area contributed by atoms with E-state index >= 15 is 0 Å². The summed E-state index contributed by atoms with van der Waals surface area (Å²) < 4.78 is 3.41. The molecule has 1 heterocycles. The van der Waals surface area contributed by atoms with E-state index in [4.69, 9.17) is 0 Å². The molecule has 0 fully saturated rings. The Balaban J connectivity index is 2.04. The van der Waals surface area contributed by atoms with Crippen molar-refractivity contribution in [2.75, 3.05) is 12.0 Å². The zero-order chi connectivity index (χ0) is 17.8. The Hall–Kier alpha value is -1.85. The lowest BCUT2D eigenvalue weighted by atomic mass is 10.1. The molecule has 2 aromatic carbocycles. The van der Waals surface area contributed by atoms with Gasteiger partial charge in [0.25, 0.3) is 5.91 Å². The number of rotatable bonds is 5. The Morgan fingerprint density at radius 2 is 1.96 bits per heavy atom. The van der Waals surface area contributed by atoms with Gasteiger partial charge in [-0.25, -0.2) is 0 Å². The summed E-state index contributed by atoms with van der Waals surface area (Å²) in [6.45, 7) is 5.10. The van der Waals surface area contributed by atoms with E-state index in [1.165, 1.54) is 21.3 Å². The van der Waals surface area contributed by atoms with Gasteiger partial charge in [0.15, 0.2) is 4.80 Å². The quantitative estimate of drug-likeness (QED) is 0.669. The maximum Gasteiger partial charge on any atom is 0.252 e. The molecule has 130 valence electrons. The molecule has 0 atom stereocenters. The van der Waals surface area contributed by atoms with E-state index in [0.717, 1.165) is 22.7 Å². The number of thioether (sulfide) groups is 1. The van der Waals surface area contributed by atoms with Crippen molar-refractivity contribution in [3.8, 4) is 0 Å². The molecule has 3 aromatic rings. The Bertz CT molecular complexity index is 955. The lowest BCUT2D eigenvalue weighted by molar-refractivity contribution is -0.117. The average molecular weight is 371 g/mol. The summed E-state index contributed by atoms with van der Waals surface area (Å²) in [5.41, 5.74) is 4.67. The number of fused-ring (bicyclic) bond motifs is 1. The van der Waals surface area contributed by atoms with Gasteiger partial charge in [0, 0.05) is 12.3 Å². The van der Waals surface area contributed by atoms with Gasteiger partial charge in [-0.15, -0.1) is 0 Å². The third-order valence-electron chi connectivity index (χ3n) is 4.05. The van der Waals surface area contributed by atoms with Crippen molar-refractivity contribution in [1.82, 2.24) is 4.57 Å². The van der Waals surface area contributed by atoms with E-state index in [2.05, 4.69) is 41.8 Å². The second-order valence-corrected chi connectivity index (χ2v) is 8.09. The van der Waals surface area contributed by atoms with Crippen LogP contribution in [0.2, 0.25) is 0 Å². The molecular formula is C20H22N2OS2. The zero-order valence-electron chi connectivity index (χ0n) is 14.8. The topological polar surface area (TPSA) is 34.4 Å². The number of hydrogen-bond donors (Lipinski definition) is 0. The van der Waals surface area contributed by atoms with Crippen LogP contribution in [-0.4, -0.2) is 22.5 Å². The van der Waals surface area contributed by atoms with Gasteiger partial charge >= 0.3 is 0 Å². The van der Waals surface area contributed by atoms with Crippen LogP contribution < -0.4 is 4.80 Å². The highest BCUT2D eigenvalue weighted by Gasteiger charge is 2.11. The summed E-state index contributed by atoms with van der Waals surface area (Å²) in [4.78, 5) is 17.7. The SMILES string of the molecule is CSCCn1c(=NC(=O)Cc2ccccc2)sc2c(C)cc(C)cc21. The molecule has 0 aliphatic carbocycles. The van der Waals surface area contributed by atoms with Gasteiger partial charge < -0.3 is 4.57 Å². The Kier molecular flexibility index (Phi) is 5.76. The number of hydrogen-bond acceptors (Lipinski definition) is 3. The van der Waals surface area contributed by atoms with E-state index in [0.29, 0.717) is 6.42 Å². The van der Waals surface area contributed by atoms with E-state index in [9.17, 15) is 4.79 Å². The molecule has 0 saturated carbocycles. The zero-order valence-corrected chi connectivity index (χ0v) is 16.4. The molecule has 25 heavy (non-hydrogen) atoms. The second kappa shape index (κ2) is 8.02. The van der Waals surface area contributed by atoms with Gasteiger partial charge in [0.05, 0.1) is 16.6 Å². The first-order valence-electron chi connectivity index (χ1n) is 8.29. The van der Waals surface area contributed by atoms with Crippen molar-refractivity contribution in [1.29, 1.82) is 0 Å². The first-order valence-corrected chi connectivity index (χ1v) is 10.5. The Morgan fingerprint density at radius 3 is 2.68 bits per heavy atom. The summed E-state index contributed by atoms with van der Waals surface area (Å²) in [5, 5.41) is 0. The molecule has 0 aliphatic heterocycles. The number of thiazole rings is 1. The minimum absolute atomic E-state index is 0.0926. The van der Waals surface area contributed by atoms with Crippen molar-refractivity contribution < 1.29 is 4.79 Å². The van der Waals surface area contributed by atoms with E-state index in [1.54, 1.807) is 23.1 Å². The van der Waals surface area contributed by atoms with Gasteiger partial charge in [-0.2, -0.15) is 16.8 Å². The Morgan fingerprint density at radius 1 is 1.20 bits per heavy atom. The van der Waals surface area contributed by atoms with Gasteiger partial charge in [-0.3, -0.25) is 4.79 Å². The molecule has 0 saturated heterocycles. The fourth-order valence-corrected chi connectivity index (χ4v) is 4.40. The summed E-state index contributed by atoms with van der Waals surface area (Å²) in [5.74, 6) is 0.906. The summed E-state index contributed by atoms with van der Waals surface area (Å²) in [6.07, 6.45) is 2.44. The highest BCUT2D eigenvalue weighted by Crippen LogP contribution is 2.23. The number of benzene rings is 2. The normalized spacial score (nSPS) is 12.0. The number of aromatic nitrogens is 1. The van der Waals surface area contributed by atoms with Gasteiger partial charge in [-0.05, 0) is 42.9 Å². The minimum atomic E-state index is -0.0926. The van der Waals surface area contributed by atoms with Gasteiger partial charge in [0.1, 0.15) is 0 Å². The predicted octanol–water partition coefficient (Wildman–Crippen LogP) is 4.35. The monoisotopic (exact) mass is 370 g/mol. The van der Waals surface area contributed by atoms with Crippen molar-refractivity contribution >= 4 is 39.2 Å². The molecule has 5 heteroatoms. The third-order valence-corrected chi connectivity index (χ3v) is 5.87. The van der Waals surface area contributed by atoms with E-state index in [-0.39, 0.29) is 5.91 Å². The highest BCUT2D eigenvalue weighted by molar-refractivity contribution is 7.98. The standard InChI is InChI=1S/C20H22N2OS2/c1-14-11-15(2)19-17(12-14)22(9-10-24-3)20(25-19)21-18(23)13-16-7-5-4-6-8-16/h4-8,11-12H,9-10,13H2,1-3H3. The van der Waals surface area contributed by atoms with Gasteiger partial charge in [0.2, 0.25) is 0 Å². The second-order valence-electron chi connectivity index (χ2n) is 6.13. The lowest BCUT2D eigenvalue weighted by Crippen LogP contribution is -2.18. The molecule has 0 unspecified atom stereocenters. The van der Waals surface area contributed by atoms with Crippen molar-refractivity contribution in [3.05, 3.63) is 64.0 Å².